The van der Waals surface area contributed by atoms with Gasteiger partial charge in [-0.05, 0) is 70.1 Å². The monoisotopic (exact) mass is 430 g/mol. The molecule has 0 N–H and O–H groups in total. The van der Waals surface area contributed by atoms with Crippen LogP contribution >= 0.6 is 0 Å². The summed E-state index contributed by atoms with van der Waals surface area (Å²) in [4.78, 5) is 12.4. The van der Waals surface area contributed by atoms with Crippen LogP contribution in [0.15, 0.2) is 72.8 Å². The predicted molar refractivity (Wildman–Crippen MR) is 117 cm³/mol. The third-order valence-electron chi connectivity index (χ3n) is 4.88. The lowest BCUT2D eigenvalue weighted by Crippen LogP contribution is -2.07. The fourth-order valence-electron chi connectivity index (χ4n) is 3.21. The molecule has 3 aromatic carbocycles. The Morgan fingerprint density at radius 2 is 1.53 bits per heavy atom. The van der Waals surface area contributed by atoms with Crippen LogP contribution < -0.4 is 9.47 Å². The molecule has 0 spiro atoms. The molecule has 0 fully saturated rings. The van der Waals surface area contributed by atoms with Crippen molar-refractivity contribution in [2.75, 3.05) is 14.2 Å². The second kappa shape index (κ2) is 9.74. The van der Waals surface area contributed by atoms with E-state index in [1.807, 2.05) is 48.5 Å². The second-order valence-electron chi connectivity index (χ2n) is 7.01. The molecule has 0 bridgehead atoms. The third kappa shape index (κ3) is 4.92. The Labute approximate surface area is 185 Å². The Hall–Kier alpha value is -4.20. The number of hydrogen-bond acceptors (Lipinski definition) is 7. The van der Waals surface area contributed by atoms with E-state index in [0.717, 1.165) is 22.6 Å². The number of methoxy groups -OCH3 is 2. The fraction of sp³-hybridized carbons (Fsp3) is 0.167. The van der Waals surface area contributed by atoms with E-state index in [1.165, 1.54) is 0 Å². The maximum absolute atomic E-state index is 12.4. The smallest absolute Gasteiger partial charge is 0.338 e. The molecule has 4 aromatic rings. The maximum Gasteiger partial charge on any atom is 0.338 e. The molecule has 0 amide bonds. The van der Waals surface area contributed by atoms with Crippen LogP contribution in [-0.2, 0) is 17.8 Å². The molecule has 4 rings (SSSR count). The van der Waals surface area contributed by atoms with Crippen molar-refractivity contribution in [2.45, 2.75) is 13.0 Å². The van der Waals surface area contributed by atoms with Crippen LogP contribution in [0.25, 0.3) is 5.69 Å². The highest BCUT2D eigenvalue weighted by atomic mass is 16.5. The summed E-state index contributed by atoms with van der Waals surface area (Å²) in [5.74, 6) is 1.76. The molecule has 8 nitrogen and oxygen atoms in total. The van der Waals surface area contributed by atoms with Gasteiger partial charge in [0.25, 0.3) is 0 Å². The van der Waals surface area contributed by atoms with Crippen LogP contribution in [0.2, 0.25) is 0 Å². The number of rotatable bonds is 8. The quantitative estimate of drug-likeness (QED) is 0.395. The first-order valence-electron chi connectivity index (χ1n) is 9.97. The number of esters is 1. The summed E-state index contributed by atoms with van der Waals surface area (Å²) in [6, 6.07) is 22.1. The molecule has 0 saturated heterocycles. The van der Waals surface area contributed by atoms with Crippen molar-refractivity contribution in [2.24, 2.45) is 0 Å². The molecule has 0 radical (unpaired) electrons. The Bertz CT molecular complexity index is 1200. The summed E-state index contributed by atoms with van der Waals surface area (Å²) >= 11 is 0. The van der Waals surface area contributed by atoms with Gasteiger partial charge < -0.3 is 14.2 Å². The van der Waals surface area contributed by atoms with E-state index in [0.29, 0.717) is 23.6 Å². The molecule has 8 heteroatoms. The van der Waals surface area contributed by atoms with E-state index in [9.17, 15) is 4.79 Å². The van der Waals surface area contributed by atoms with Crippen molar-refractivity contribution in [1.29, 1.82) is 0 Å². The number of nitrogens with zero attached hydrogens (tertiary/aromatic N) is 4. The van der Waals surface area contributed by atoms with Gasteiger partial charge >= 0.3 is 5.97 Å². The molecule has 0 unspecified atom stereocenters. The van der Waals surface area contributed by atoms with E-state index >= 15 is 0 Å². The lowest BCUT2D eigenvalue weighted by Gasteiger charge is -2.08. The number of tetrazole rings is 1. The molecule has 162 valence electrons. The van der Waals surface area contributed by atoms with Gasteiger partial charge in [0, 0.05) is 6.42 Å². The standard InChI is InChI=1S/C24H22N4O4/c1-30-21-7-3-5-17(13-21)15-23-25-26-27-28(23)20-11-9-19(10-12-20)24(29)32-16-18-6-4-8-22(14-18)31-2/h3-14H,15-16H2,1-2H3. The second-order valence-corrected chi connectivity index (χ2v) is 7.01. The van der Waals surface area contributed by atoms with Gasteiger partial charge in [-0.3, -0.25) is 0 Å². The Kier molecular flexibility index (Phi) is 6.41. The van der Waals surface area contributed by atoms with Gasteiger partial charge in [0.05, 0.1) is 25.5 Å². The molecular formula is C24H22N4O4. The van der Waals surface area contributed by atoms with E-state index < -0.39 is 5.97 Å². The van der Waals surface area contributed by atoms with Crippen LogP contribution in [0.1, 0.15) is 27.3 Å². The van der Waals surface area contributed by atoms with Crippen molar-refractivity contribution in [3.8, 4) is 17.2 Å². The molecule has 32 heavy (non-hydrogen) atoms. The minimum atomic E-state index is -0.410. The average Bonchev–Trinajstić information content (AvgIpc) is 3.31. The Balaban J connectivity index is 1.43. The maximum atomic E-state index is 12.4. The number of carbonyl (C=O) groups excluding carboxylic acids is 1. The summed E-state index contributed by atoms with van der Waals surface area (Å²) in [5.41, 5.74) is 3.07. The van der Waals surface area contributed by atoms with E-state index in [4.69, 9.17) is 14.2 Å². The number of ether oxygens (including phenoxy) is 3. The number of carbonyl (C=O) groups is 1. The zero-order valence-corrected chi connectivity index (χ0v) is 17.8. The van der Waals surface area contributed by atoms with Crippen LogP contribution in [0.3, 0.4) is 0 Å². The van der Waals surface area contributed by atoms with Gasteiger partial charge in [0.2, 0.25) is 0 Å². The molecule has 0 saturated carbocycles. The minimum absolute atomic E-state index is 0.162. The van der Waals surface area contributed by atoms with Gasteiger partial charge in [-0.15, -0.1) is 5.10 Å². The lowest BCUT2D eigenvalue weighted by atomic mass is 10.1. The molecule has 1 aromatic heterocycles. The lowest BCUT2D eigenvalue weighted by molar-refractivity contribution is 0.0472. The van der Waals surface area contributed by atoms with Crippen molar-refractivity contribution < 1.29 is 19.0 Å². The molecule has 0 aliphatic carbocycles. The van der Waals surface area contributed by atoms with Crippen LogP contribution in [-0.4, -0.2) is 40.4 Å². The molecule has 0 aliphatic heterocycles. The minimum Gasteiger partial charge on any atom is -0.497 e. The first-order valence-corrected chi connectivity index (χ1v) is 9.97. The summed E-state index contributed by atoms with van der Waals surface area (Å²) < 4.78 is 17.5. The number of benzene rings is 3. The van der Waals surface area contributed by atoms with Crippen LogP contribution in [0.5, 0.6) is 11.5 Å². The zero-order chi connectivity index (χ0) is 22.3. The Morgan fingerprint density at radius 1 is 0.875 bits per heavy atom. The highest BCUT2D eigenvalue weighted by molar-refractivity contribution is 5.89. The topological polar surface area (TPSA) is 88.4 Å². The van der Waals surface area contributed by atoms with Crippen molar-refractivity contribution in [3.05, 3.63) is 95.3 Å². The normalized spacial score (nSPS) is 10.6. The number of aromatic nitrogens is 4. The van der Waals surface area contributed by atoms with Crippen molar-refractivity contribution in [3.63, 3.8) is 0 Å². The third-order valence-corrected chi connectivity index (χ3v) is 4.88. The van der Waals surface area contributed by atoms with Gasteiger partial charge in [-0.2, -0.15) is 4.68 Å². The summed E-state index contributed by atoms with van der Waals surface area (Å²) in [5, 5.41) is 12.0. The molecular weight excluding hydrogens is 408 g/mol. The SMILES string of the molecule is COc1cccc(COC(=O)c2ccc(-n3nnnc3Cc3cccc(OC)c3)cc2)c1. The first-order chi connectivity index (χ1) is 15.7. The summed E-state index contributed by atoms with van der Waals surface area (Å²) in [6.45, 7) is 0.162. The number of hydrogen-bond donors (Lipinski definition) is 0. The summed E-state index contributed by atoms with van der Waals surface area (Å²) in [6.07, 6.45) is 0.536. The predicted octanol–water partition coefficient (Wildman–Crippen LogP) is 3.63. The molecule has 0 aliphatic rings. The highest BCUT2D eigenvalue weighted by Gasteiger charge is 2.12. The molecule has 0 atom stereocenters. The van der Waals surface area contributed by atoms with Crippen LogP contribution in [0.4, 0.5) is 0 Å². The van der Waals surface area contributed by atoms with Crippen molar-refractivity contribution >= 4 is 5.97 Å². The summed E-state index contributed by atoms with van der Waals surface area (Å²) in [7, 11) is 3.23. The van der Waals surface area contributed by atoms with Gasteiger partial charge in [-0.1, -0.05) is 24.3 Å². The van der Waals surface area contributed by atoms with Gasteiger partial charge in [0.1, 0.15) is 18.1 Å². The zero-order valence-electron chi connectivity index (χ0n) is 17.8. The largest absolute Gasteiger partial charge is 0.497 e. The van der Waals surface area contributed by atoms with E-state index in [2.05, 4.69) is 15.5 Å². The fourth-order valence-corrected chi connectivity index (χ4v) is 3.21. The van der Waals surface area contributed by atoms with Gasteiger partial charge in [-0.25, -0.2) is 4.79 Å². The van der Waals surface area contributed by atoms with Crippen molar-refractivity contribution in [1.82, 2.24) is 20.2 Å². The Morgan fingerprint density at radius 3 is 2.22 bits per heavy atom. The van der Waals surface area contributed by atoms with E-state index in [-0.39, 0.29) is 6.61 Å². The van der Waals surface area contributed by atoms with E-state index in [1.54, 1.807) is 43.2 Å². The molecule has 1 heterocycles. The highest BCUT2D eigenvalue weighted by Crippen LogP contribution is 2.18. The van der Waals surface area contributed by atoms with Crippen LogP contribution in [0, 0.1) is 0 Å². The van der Waals surface area contributed by atoms with Gasteiger partial charge in [0.15, 0.2) is 5.82 Å². The first kappa shape index (κ1) is 21.0. The average molecular weight is 430 g/mol.